The van der Waals surface area contributed by atoms with Crippen LogP contribution in [0.1, 0.15) is 43.9 Å². The Labute approximate surface area is 102 Å². The van der Waals surface area contributed by atoms with Crippen LogP contribution in [0.4, 0.5) is 0 Å². The lowest BCUT2D eigenvalue weighted by molar-refractivity contribution is 0.0585. The number of hydrogen-bond acceptors (Lipinski definition) is 3. The fourth-order valence-electron chi connectivity index (χ4n) is 1.25. The van der Waals surface area contributed by atoms with Gasteiger partial charge in [0.05, 0.1) is 6.10 Å². The smallest absolute Gasteiger partial charge is 0.271 e. The highest BCUT2D eigenvalue weighted by atomic mass is 16.3. The summed E-state index contributed by atoms with van der Waals surface area (Å²) >= 11 is 0. The third-order valence-corrected chi connectivity index (χ3v) is 2.70. The van der Waals surface area contributed by atoms with Crippen molar-refractivity contribution in [2.75, 3.05) is 6.54 Å². The summed E-state index contributed by atoms with van der Waals surface area (Å²) in [6, 6.07) is 1.72. The van der Waals surface area contributed by atoms with E-state index in [2.05, 4.69) is 15.5 Å². The second kappa shape index (κ2) is 5.31. The van der Waals surface area contributed by atoms with Gasteiger partial charge >= 0.3 is 0 Å². The van der Waals surface area contributed by atoms with Gasteiger partial charge in [0, 0.05) is 12.2 Å². The Morgan fingerprint density at radius 3 is 2.71 bits per heavy atom. The highest BCUT2D eigenvalue weighted by molar-refractivity contribution is 5.92. The van der Waals surface area contributed by atoms with Gasteiger partial charge in [-0.15, -0.1) is 0 Å². The van der Waals surface area contributed by atoms with Gasteiger partial charge in [0.15, 0.2) is 0 Å². The maximum atomic E-state index is 11.7. The number of amides is 1. The van der Waals surface area contributed by atoms with Gasteiger partial charge in [-0.1, -0.05) is 27.7 Å². The van der Waals surface area contributed by atoms with Gasteiger partial charge in [-0.2, -0.15) is 5.10 Å². The zero-order valence-corrected chi connectivity index (χ0v) is 10.9. The minimum Gasteiger partial charge on any atom is -0.391 e. The van der Waals surface area contributed by atoms with Gasteiger partial charge in [-0.25, -0.2) is 0 Å². The van der Waals surface area contributed by atoms with Crippen LogP contribution in [0.5, 0.6) is 0 Å². The third-order valence-electron chi connectivity index (χ3n) is 2.70. The zero-order chi connectivity index (χ0) is 13.1. The SMILES string of the molecule is CCc1cc(C(=O)NCC(O)C(C)(C)C)n[nH]1. The number of hydrogen-bond donors (Lipinski definition) is 3. The first-order chi connectivity index (χ1) is 7.84. The Kier molecular flexibility index (Phi) is 4.28. The molecule has 1 heterocycles. The number of aryl methyl sites for hydroxylation is 1. The lowest BCUT2D eigenvalue weighted by atomic mass is 9.89. The van der Waals surface area contributed by atoms with E-state index in [0.717, 1.165) is 12.1 Å². The largest absolute Gasteiger partial charge is 0.391 e. The lowest BCUT2D eigenvalue weighted by Crippen LogP contribution is -2.39. The van der Waals surface area contributed by atoms with Gasteiger partial charge < -0.3 is 10.4 Å². The molecule has 1 atom stereocenters. The molecule has 1 aromatic heterocycles. The van der Waals surface area contributed by atoms with Crippen molar-refractivity contribution in [3.8, 4) is 0 Å². The quantitative estimate of drug-likeness (QED) is 0.736. The number of rotatable bonds is 4. The van der Waals surface area contributed by atoms with E-state index in [1.165, 1.54) is 0 Å². The monoisotopic (exact) mass is 239 g/mol. The molecule has 5 nitrogen and oxygen atoms in total. The van der Waals surface area contributed by atoms with E-state index < -0.39 is 6.10 Å². The average molecular weight is 239 g/mol. The summed E-state index contributed by atoms with van der Waals surface area (Å²) < 4.78 is 0. The summed E-state index contributed by atoms with van der Waals surface area (Å²) in [5.74, 6) is -0.260. The van der Waals surface area contributed by atoms with Crippen molar-refractivity contribution in [1.29, 1.82) is 0 Å². The van der Waals surface area contributed by atoms with Crippen molar-refractivity contribution in [3.63, 3.8) is 0 Å². The van der Waals surface area contributed by atoms with Crippen molar-refractivity contribution >= 4 is 5.91 Å². The molecule has 1 rings (SSSR count). The first-order valence-corrected chi connectivity index (χ1v) is 5.85. The van der Waals surface area contributed by atoms with Crippen molar-refractivity contribution in [2.45, 2.75) is 40.2 Å². The van der Waals surface area contributed by atoms with E-state index in [1.807, 2.05) is 27.7 Å². The first kappa shape index (κ1) is 13.7. The number of H-pyrrole nitrogens is 1. The Hall–Kier alpha value is -1.36. The summed E-state index contributed by atoms with van der Waals surface area (Å²) in [4.78, 5) is 11.7. The van der Waals surface area contributed by atoms with Crippen LogP contribution < -0.4 is 5.32 Å². The maximum absolute atomic E-state index is 11.7. The van der Waals surface area contributed by atoms with Gasteiger partial charge in [-0.3, -0.25) is 9.89 Å². The molecule has 0 bridgehead atoms. The van der Waals surface area contributed by atoms with E-state index in [1.54, 1.807) is 6.07 Å². The van der Waals surface area contributed by atoms with Crippen LogP contribution in [0.15, 0.2) is 6.07 Å². The molecule has 5 heteroatoms. The molecule has 0 saturated heterocycles. The second-order valence-electron chi connectivity index (χ2n) is 5.22. The molecule has 1 unspecified atom stereocenters. The molecule has 0 aliphatic rings. The number of aliphatic hydroxyl groups is 1. The van der Waals surface area contributed by atoms with Gasteiger partial charge in [0.25, 0.3) is 5.91 Å². The molecule has 0 aliphatic carbocycles. The molecule has 96 valence electrons. The van der Waals surface area contributed by atoms with E-state index in [4.69, 9.17) is 0 Å². The number of aromatic amines is 1. The molecule has 17 heavy (non-hydrogen) atoms. The van der Waals surface area contributed by atoms with Gasteiger partial charge in [0.1, 0.15) is 5.69 Å². The van der Waals surface area contributed by atoms with Crippen LogP contribution in [0.3, 0.4) is 0 Å². The standard InChI is InChI=1S/C12H21N3O2/c1-5-8-6-9(15-14-8)11(17)13-7-10(16)12(2,3)4/h6,10,16H,5,7H2,1-4H3,(H,13,17)(H,14,15). The normalized spacial score (nSPS) is 13.5. The molecule has 1 aromatic rings. The Balaban J connectivity index is 2.50. The molecule has 1 amide bonds. The summed E-state index contributed by atoms with van der Waals surface area (Å²) in [5.41, 5.74) is 1.04. The molecule has 0 fully saturated rings. The molecule has 0 aromatic carbocycles. The topological polar surface area (TPSA) is 78.0 Å². The molecule has 0 radical (unpaired) electrons. The first-order valence-electron chi connectivity index (χ1n) is 5.85. The van der Waals surface area contributed by atoms with Crippen LogP contribution in [-0.2, 0) is 6.42 Å². The minimum atomic E-state index is -0.573. The highest BCUT2D eigenvalue weighted by Crippen LogP contribution is 2.18. The maximum Gasteiger partial charge on any atom is 0.271 e. The van der Waals surface area contributed by atoms with E-state index >= 15 is 0 Å². The average Bonchev–Trinajstić information content (AvgIpc) is 2.72. The number of aliphatic hydroxyl groups excluding tert-OH is 1. The van der Waals surface area contributed by atoms with Crippen molar-refractivity contribution in [3.05, 3.63) is 17.5 Å². The molecule has 0 spiro atoms. The lowest BCUT2D eigenvalue weighted by Gasteiger charge is -2.25. The summed E-state index contributed by atoms with van der Waals surface area (Å²) in [7, 11) is 0. The van der Waals surface area contributed by atoms with Crippen LogP contribution in [0.25, 0.3) is 0 Å². The van der Waals surface area contributed by atoms with E-state index in [0.29, 0.717) is 5.69 Å². The number of nitrogens with zero attached hydrogens (tertiary/aromatic N) is 1. The number of nitrogens with one attached hydrogen (secondary N) is 2. The van der Waals surface area contributed by atoms with Crippen LogP contribution in [0.2, 0.25) is 0 Å². The summed E-state index contributed by atoms with van der Waals surface area (Å²) in [6.45, 7) is 7.99. The predicted molar refractivity (Wildman–Crippen MR) is 65.8 cm³/mol. The Bertz CT molecular complexity index is 379. The molecular weight excluding hydrogens is 218 g/mol. The van der Waals surface area contributed by atoms with Crippen molar-refractivity contribution < 1.29 is 9.90 Å². The van der Waals surface area contributed by atoms with Crippen molar-refractivity contribution in [2.24, 2.45) is 5.41 Å². The summed E-state index contributed by atoms with van der Waals surface area (Å²) in [5, 5.41) is 19.2. The van der Waals surface area contributed by atoms with E-state index in [-0.39, 0.29) is 17.9 Å². The molecule has 0 aliphatic heterocycles. The number of aromatic nitrogens is 2. The minimum absolute atomic E-state index is 0.233. The summed E-state index contributed by atoms with van der Waals surface area (Å²) in [6.07, 6.45) is 0.237. The van der Waals surface area contributed by atoms with Crippen LogP contribution in [0, 0.1) is 5.41 Å². The second-order valence-corrected chi connectivity index (χ2v) is 5.22. The van der Waals surface area contributed by atoms with Crippen LogP contribution in [-0.4, -0.2) is 33.9 Å². The third kappa shape index (κ3) is 3.85. The van der Waals surface area contributed by atoms with Crippen molar-refractivity contribution in [1.82, 2.24) is 15.5 Å². The number of carbonyl (C=O) groups is 1. The van der Waals surface area contributed by atoms with E-state index in [9.17, 15) is 9.90 Å². The van der Waals surface area contributed by atoms with Gasteiger partial charge in [-0.05, 0) is 17.9 Å². The fraction of sp³-hybridized carbons (Fsp3) is 0.667. The molecule has 0 saturated carbocycles. The Morgan fingerprint density at radius 1 is 1.59 bits per heavy atom. The zero-order valence-electron chi connectivity index (χ0n) is 10.9. The Morgan fingerprint density at radius 2 is 2.24 bits per heavy atom. The molecule has 3 N–H and O–H groups in total. The predicted octanol–water partition coefficient (Wildman–Crippen LogP) is 1.11. The number of carbonyl (C=O) groups excluding carboxylic acids is 1. The van der Waals surface area contributed by atoms with Crippen LogP contribution >= 0.6 is 0 Å². The molecular formula is C12H21N3O2. The fourth-order valence-corrected chi connectivity index (χ4v) is 1.25. The van der Waals surface area contributed by atoms with Gasteiger partial charge in [0.2, 0.25) is 0 Å². The highest BCUT2D eigenvalue weighted by Gasteiger charge is 2.22.